The summed E-state index contributed by atoms with van der Waals surface area (Å²) < 4.78 is 23.1. The molecule has 2 atom stereocenters. The molecule has 0 saturated carbocycles. The molecule has 0 N–H and O–H groups in total. The zero-order valence-electron chi connectivity index (χ0n) is 12.8. The molecule has 0 amide bonds. The summed E-state index contributed by atoms with van der Waals surface area (Å²) in [5, 5.41) is -0.293. The van der Waals surface area contributed by atoms with Crippen molar-refractivity contribution in [3.05, 3.63) is 0 Å². The summed E-state index contributed by atoms with van der Waals surface area (Å²) in [5.74, 6) is 0.863. The van der Waals surface area contributed by atoms with E-state index in [1.165, 1.54) is 32.1 Å². The van der Waals surface area contributed by atoms with E-state index < -0.39 is 11.1 Å². The molecular formula is C15H29N2O2S-. The molecule has 0 radical (unpaired) electrons. The van der Waals surface area contributed by atoms with E-state index in [9.17, 15) is 8.76 Å². The lowest BCUT2D eigenvalue weighted by Gasteiger charge is -2.40. The maximum Gasteiger partial charge on any atom is 0.0855 e. The summed E-state index contributed by atoms with van der Waals surface area (Å²) in [6, 6.07) is 0. The predicted octanol–water partition coefficient (Wildman–Crippen LogP) is 2.19. The van der Waals surface area contributed by atoms with Crippen LogP contribution in [0.25, 0.3) is 0 Å². The molecule has 5 heteroatoms. The highest BCUT2D eigenvalue weighted by Gasteiger charge is 2.26. The first-order valence-corrected chi connectivity index (χ1v) is 9.39. The van der Waals surface area contributed by atoms with Crippen LogP contribution in [0, 0.1) is 5.92 Å². The van der Waals surface area contributed by atoms with E-state index in [-0.39, 0.29) is 5.37 Å². The van der Waals surface area contributed by atoms with Gasteiger partial charge in [0.05, 0.1) is 5.37 Å². The Kier molecular flexibility index (Phi) is 6.94. The lowest BCUT2D eigenvalue weighted by Crippen LogP contribution is -2.50. The second-order valence-electron chi connectivity index (χ2n) is 6.34. The minimum atomic E-state index is -1.98. The van der Waals surface area contributed by atoms with E-state index in [1.807, 2.05) is 0 Å². The van der Waals surface area contributed by atoms with Gasteiger partial charge >= 0.3 is 0 Å². The van der Waals surface area contributed by atoms with Crippen LogP contribution in [0.15, 0.2) is 0 Å². The molecule has 2 unspecified atom stereocenters. The fraction of sp³-hybridized carbons (Fsp3) is 1.00. The van der Waals surface area contributed by atoms with Crippen molar-refractivity contribution in [3.8, 4) is 0 Å². The van der Waals surface area contributed by atoms with Gasteiger partial charge in [0, 0.05) is 6.54 Å². The van der Waals surface area contributed by atoms with Crippen LogP contribution in [0.4, 0.5) is 0 Å². The fourth-order valence-corrected chi connectivity index (χ4v) is 4.38. The smallest absolute Gasteiger partial charge is 0.0855 e. The van der Waals surface area contributed by atoms with Gasteiger partial charge in [-0.15, -0.1) is 0 Å². The maximum atomic E-state index is 11.6. The number of hydrogen-bond donors (Lipinski definition) is 0. The Hall–Kier alpha value is 0.0300. The van der Waals surface area contributed by atoms with Gasteiger partial charge in [0.15, 0.2) is 0 Å². The molecular weight excluding hydrogens is 272 g/mol. The number of hydrogen-bond acceptors (Lipinski definition) is 4. The third kappa shape index (κ3) is 4.79. The van der Waals surface area contributed by atoms with Crippen molar-refractivity contribution < 1.29 is 8.76 Å². The minimum Gasteiger partial charge on any atom is -0.771 e. The number of piperidine rings is 2. The van der Waals surface area contributed by atoms with Crippen LogP contribution in [0.1, 0.15) is 51.9 Å². The molecule has 2 aliphatic heterocycles. The summed E-state index contributed by atoms with van der Waals surface area (Å²) in [5.41, 5.74) is 0. The highest BCUT2D eigenvalue weighted by atomic mass is 32.2. The lowest BCUT2D eigenvalue weighted by molar-refractivity contribution is 0.126. The molecule has 2 heterocycles. The largest absolute Gasteiger partial charge is 0.771 e. The molecule has 0 aromatic rings. The standard InChI is InChI=1S/C15H30N2O2S/c1-2-6-14-7-11-16(12-8-14)13-15(20(18)19)17-9-4-3-5-10-17/h14-15H,2-13H2,1H3,(H,18,19)/p-1. The van der Waals surface area contributed by atoms with E-state index in [0.29, 0.717) is 6.54 Å². The fourth-order valence-electron chi connectivity index (χ4n) is 3.59. The predicted molar refractivity (Wildman–Crippen MR) is 82.2 cm³/mol. The number of rotatable bonds is 6. The second kappa shape index (κ2) is 8.47. The monoisotopic (exact) mass is 301 g/mol. The summed E-state index contributed by atoms with van der Waals surface area (Å²) in [6.45, 7) is 7.00. The van der Waals surface area contributed by atoms with Crippen molar-refractivity contribution in [2.45, 2.75) is 57.2 Å². The molecule has 0 spiro atoms. The Morgan fingerprint density at radius 3 is 2.35 bits per heavy atom. The Morgan fingerprint density at radius 1 is 1.15 bits per heavy atom. The molecule has 2 rings (SSSR count). The third-order valence-electron chi connectivity index (χ3n) is 4.84. The molecule has 4 nitrogen and oxygen atoms in total. The second-order valence-corrected chi connectivity index (χ2v) is 7.41. The highest BCUT2D eigenvalue weighted by Crippen LogP contribution is 2.23. The van der Waals surface area contributed by atoms with Crippen LogP contribution < -0.4 is 0 Å². The minimum absolute atomic E-state index is 0.293. The first-order chi connectivity index (χ1) is 9.70. The summed E-state index contributed by atoms with van der Waals surface area (Å²) in [7, 11) is 0. The van der Waals surface area contributed by atoms with Crippen LogP contribution >= 0.6 is 0 Å². The van der Waals surface area contributed by atoms with Crippen molar-refractivity contribution in [1.82, 2.24) is 9.80 Å². The highest BCUT2D eigenvalue weighted by molar-refractivity contribution is 7.79. The van der Waals surface area contributed by atoms with Crippen LogP contribution in [0.3, 0.4) is 0 Å². The molecule has 2 saturated heterocycles. The Labute approximate surface area is 126 Å². The zero-order chi connectivity index (χ0) is 14.4. The van der Waals surface area contributed by atoms with E-state index in [0.717, 1.165) is 44.9 Å². The molecule has 118 valence electrons. The van der Waals surface area contributed by atoms with Crippen molar-refractivity contribution in [1.29, 1.82) is 0 Å². The molecule has 0 aromatic carbocycles. The van der Waals surface area contributed by atoms with Crippen molar-refractivity contribution >= 4 is 11.1 Å². The lowest BCUT2D eigenvalue weighted by atomic mass is 9.92. The van der Waals surface area contributed by atoms with Gasteiger partial charge in [-0.2, -0.15) is 0 Å². The van der Waals surface area contributed by atoms with Crippen LogP contribution in [-0.4, -0.2) is 56.7 Å². The third-order valence-corrected chi connectivity index (χ3v) is 5.73. The topological polar surface area (TPSA) is 46.6 Å². The first kappa shape index (κ1) is 16.4. The van der Waals surface area contributed by atoms with Crippen molar-refractivity contribution in [3.63, 3.8) is 0 Å². The Morgan fingerprint density at radius 2 is 1.80 bits per heavy atom. The Bertz CT molecular complexity index is 300. The molecule has 2 fully saturated rings. The van der Waals surface area contributed by atoms with Gasteiger partial charge in [-0.1, -0.05) is 26.2 Å². The number of nitrogens with zero attached hydrogens (tertiary/aromatic N) is 2. The van der Waals surface area contributed by atoms with E-state index in [1.54, 1.807) is 0 Å². The molecule has 0 bridgehead atoms. The van der Waals surface area contributed by atoms with Gasteiger partial charge in [-0.05, 0) is 68.9 Å². The first-order valence-electron chi connectivity index (χ1n) is 8.25. The van der Waals surface area contributed by atoms with Crippen molar-refractivity contribution in [2.75, 3.05) is 32.7 Å². The van der Waals surface area contributed by atoms with Crippen LogP contribution in [0.5, 0.6) is 0 Å². The number of likely N-dealkylation sites (tertiary alicyclic amines) is 2. The van der Waals surface area contributed by atoms with E-state index in [2.05, 4.69) is 16.7 Å². The van der Waals surface area contributed by atoms with Crippen LogP contribution in [0.2, 0.25) is 0 Å². The van der Waals surface area contributed by atoms with Gasteiger partial charge in [-0.25, -0.2) is 0 Å². The normalized spacial score (nSPS) is 26.5. The van der Waals surface area contributed by atoms with Gasteiger partial charge in [0.1, 0.15) is 0 Å². The SMILES string of the molecule is CCCC1CCN(CC(N2CCCCC2)S(=O)[O-])CC1. The molecule has 0 aromatic heterocycles. The van der Waals surface area contributed by atoms with Gasteiger partial charge in [0.2, 0.25) is 0 Å². The van der Waals surface area contributed by atoms with Gasteiger partial charge in [0.25, 0.3) is 0 Å². The van der Waals surface area contributed by atoms with E-state index in [4.69, 9.17) is 0 Å². The van der Waals surface area contributed by atoms with Crippen molar-refractivity contribution in [2.24, 2.45) is 5.92 Å². The molecule has 2 aliphatic rings. The van der Waals surface area contributed by atoms with Gasteiger partial charge < -0.3 is 9.45 Å². The average Bonchev–Trinajstić information content (AvgIpc) is 2.47. The Balaban J connectivity index is 1.81. The van der Waals surface area contributed by atoms with E-state index >= 15 is 0 Å². The van der Waals surface area contributed by atoms with Crippen LogP contribution in [-0.2, 0) is 11.1 Å². The average molecular weight is 301 g/mol. The van der Waals surface area contributed by atoms with Gasteiger partial charge in [-0.3, -0.25) is 9.11 Å². The molecule has 0 aliphatic carbocycles. The maximum absolute atomic E-state index is 11.6. The zero-order valence-corrected chi connectivity index (χ0v) is 13.6. The quantitative estimate of drug-likeness (QED) is 0.706. The summed E-state index contributed by atoms with van der Waals surface area (Å²) in [6.07, 6.45) is 8.62. The summed E-state index contributed by atoms with van der Waals surface area (Å²) >= 11 is -1.98. The molecule has 20 heavy (non-hydrogen) atoms. The summed E-state index contributed by atoms with van der Waals surface area (Å²) in [4.78, 5) is 4.53.